The Morgan fingerprint density at radius 1 is 1.05 bits per heavy atom. The summed E-state index contributed by atoms with van der Waals surface area (Å²) in [4.78, 5) is 20.1. The number of nitrogens with zero attached hydrogens (tertiary/aromatic N) is 4. The first-order chi connectivity index (χ1) is 20.3. The van der Waals surface area contributed by atoms with Gasteiger partial charge in [-0.1, -0.05) is 45.2 Å². The number of rotatable bonds is 11. The molecule has 5 rings (SSSR count). The Hall–Kier alpha value is -3.44. The molecule has 1 amide bonds. The molecule has 0 saturated carbocycles. The highest BCUT2D eigenvalue weighted by atomic mass is 32.1. The Bertz CT molecular complexity index is 1470. The predicted molar refractivity (Wildman–Crippen MR) is 159 cm³/mol. The molecule has 1 atom stereocenters. The van der Waals surface area contributed by atoms with Gasteiger partial charge in [-0.05, 0) is 66.6 Å². The fraction of sp³-hybridized carbons (Fsp3) is 0.452. The third kappa shape index (κ3) is 6.95. The number of amides is 1. The minimum Gasteiger partial charge on any atom is -0.492 e. The predicted octanol–water partition coefficient (Wildman–Crippen LogP) is 7.09. The molecule has 0 radical (unpaired) electrons. The summed E-state index contributed by atoms with van der Waals surface area (Å²) in [5, 5.41) is 8.41. The third-order valence-electron chi connectivity index (χ3n) is 7.96. The number of hydrogen-bond acceptors (Lipinski definition) is 6. The number of fused-ring (bicyclic) bond motifs is 1. The van der Waals surface area contributed by atoms with Crippen molar-refractivity contribution in [2.75, 3.05) is 26.2 Å². The summed E-state index contributed by atoms with van der Waals surface area (Å²) in [5.74, 6) is -0.587. The van der Waals surface area contributed by atoms with Gasteiger partial charge in [0, 0.05) is 30.1 Å². The van der Waals surface area contributed by atoms with E-state index in [2.05, 4.69) is 20.3 Å². The quantitative estimate of drug-likeness (QED) is 0.199. The van der Waals surface area contributed by atoms with Crippen LogP contribution in [0.4, 0.5) is 13.2 Å². The molecule has 4 aromatic rings. The van der Waals surface area contributed by atoms with Crippen LogP contribution in [0.3, 0.4) is 0 Å². The Kier molecular flexibility index (Phi) is 9.47. The first-order valence-corrected chi connectivity index (χ1v) is 15.4. The van der Waals surface area contributed by atoms with E-state index in [0.29, 0.717) is 36.2 Å². The van der Waals surface area contributed by atoms with Crippen molar-refractivity contribution in [2.24, 2.45) is 5.92 Å². The first-order valence-electron chi connectivity index (χ1n) is 14.5. The maximum atomic E-state index is 13.7. The van der Waals surface area contributed by atoms with E-state index in [4.69, 9.17) is 4.74 Å². The highest BCUT2D eigenvalue weighted by Gasteiger charge is 2.44. The zero-order valence-corrected chi connectivity index (χ0v) is 24.7. The van der Waals surface area contributed by atoms with Crippen molar-refractivity contribution >= 4 is 22.9 Å². The zero-order valence-electron chi connectivity index (χ0n) is 23.9. The highest BCUT2D eigenvalue weighted by Crippen LogP contribution is 2.32. The number of aromatic nitrogens is 3. The Morgan fingerprint density at radius 2 is 1.79 bits per heavy atom. The highest BCUT2D eigenvalue weighted by molar-refractivity contribution is 7.12. The third-order valence-corrected chi connectivity index (χ3v) is 8.89. The van der Waals surface area contributed by atoms with E-state index >= 15 is 0 Å². The van der Waals surface area contributed by atoms with E-state index in [-0.39, 0.29) is 4.88 Å². The minimum absolute atomic E-state index is 0.208. The van der Waals surface area contributed by atoms with E-state index < -0.39 is 24.0 Å². The van der Waals surface area contributed by atoms with Gasteiger partial charge in [-0.15, -0.1) is 11.3 Å². The van der Waals surface area contributed by atoms with Gasteiger partial charge >= 0.3 is 6.18 Å². The van der Waals surface area contributed by atoms with Gasteiger partial charge in [0.1, 0.15) is 18.4 Å². The van der Waals surface area contributed by atoms with Crippen LogP contribution in [-0.4, -0.2) is 63.9 Å². The molecule has 11 heteroatoms. The molecule has 3 aromatic heterocycles. The number of likely N-dealkylation sites (tertiary alicyclic amines) is 1. The summed E-state index contributed by atoms with van der Waals surface area (Å²) in [6.07, 6.45) is 5.26. The van der Waals surface area contributed by atoms with Crippen LogP contribution < -0.4 is 10.1 Å². The van der Waals surface area contributed by atoms with E-state index in [1.54, 1.807) is 42.2 Å². The van der Waals surface area contributed by atoms with E-state index in [1.807, 2.05) is 30.5 Å². The molecule has 1 saturated heterocycles. The fourth-order valence-electron chi connectivity index (χ4n) is 5.48. The minimum atomic E-state index is -4.52. The lowest BCUT2D eigenvalue weighted by Gasteiger charge is -2.28. The number of benzene rings is 1. The molecule has 1 aliphatic heterocycles. The number of hydrogen-bond donors (Lipinski definition) is 1. The molecule has 7 nitrogen and oxygen atoms in total. The molecule has 1 fully saturated rings. The van der Waals surface area contributed by atoms with Gasteiger partial charge in [0.15, 0.2) is 5.65 Å². The smallest absolute Gasteiger partial charge is 0.408 e. The molecule has 0 aliphatic carbocycles. The van der Waals surface area contributed by atoms with Crippen molar-refractivity contribution in [3.8, 4) is 28.0 Å². The molecule has 42 heavy (non-hydrogen) atoms. The molecule has 1 unspecified atom stereocenters. The van der Waals surface area contributed by atoms with Crippen molar-refractivity contribution in [1.29, 1.82) is 0 Å². The van der Waals surface area contributed by atoms with Crippen LogP contribution in [0, 0.1) is 5.92 Å². The van der Waals surface area contributed by atoms with E-state index in [0.717, 1.165) is 47.8 Å². The maximum absolute atomic E-state index is 13.7. The van der Waals surface area contributed by atoms with Crippen LogP contribution in [0.25, 0.3) is 27.9 Å². The number of ether oxygens (including phenoxy) is 1. The van der Waals surface area contributed by atoms with Gasteiger partial charge in [-0.3, -0.25) is 9.69 Å². The van der Waals surface area contributed by atoms with E-state index in [1.165, 1.54) is 19.3 Å². The SMILES string of the molecule is CCC(CC)C(NC(=O)c1cc(-c2cnn3cc(-c4ccc(OCCN5CCCCC5)cc4)cnc23)cs1)C(F)(F)F. The normalized spacial score (nSPS) is 15.3. The lowest BCUT2D eigenvalue weighted by Crippen LogP contribution is -2.49. The number of carbonyl (C=O) groups excluding carboxylic acids is 1. The molecular weight excluding hydrogens is 563 g/mol. The largest absolute Gasteiger partial charge is 0.492 e. The second-order valence-corrected chi connectivity index (χ2v) is 11.6. The summed E-state index contributed by atoms with van der Waals surface area (Å²) < 4.78 is 48.6. The van der Waals surface area contributed by atoms with Crippen molar-refractivity contribution in [1.82, 2.24) is 24.8 Å². The molecule has 4 heterocycles. The number of alkyl halides is 3. The Balaban J connectivity index is 1.25. The molecule has 224 valence electrons. The number of carbonyl (C=O) groups is 1. The summed E-state index contributed by atoms with van der Waals surface area (Å²) in [6, 6.07) is 7.59. The fourth-order valence-corrected chi connectivity index (χ4v) is 6.29. The Morgan fingerprint density at radius 3 is 2.48 bits per heavy atom. The monoisotopic (exact) mass is 599 g/mol. The van der Waals surface area contributed by atoms with Crippen molar-refractivity contribution < 1.29 is 22.7 Å². The average molecular weight is 600 g/mol. The summed E-state index contributed by atoms with van der Waals surface area (Å²) >= 11 is 1.10. The second-order valence-electron chi connectivity index (χ2n) is 10.7. The lowest BCUT2D eigenvalue weighted by molar-refractivity contribution is -0.165. The molecule has 1 aliphatic rings. The van der Waals surface area contributed by atoms with Crippen LogP contribution in [0.1, 0.15) is 55.6 Å². The van der Waals surface area contributed by atoms with Crippen molar-refractivity contribution in [2.45, 2.75) is 58.2 Å². The molecular formula is C31H36F3N5O2S. The standard InChI is InChI=1S/C31H36F3N5O2S/c1-3-21(4-2)28(31(32,33)34)37-30(40)27-16-23(20-42-27)26-18-36-39-19-24(17-35-29(26)39)22-8-10-25(11-9-22)41-15-14-38-12-6-5-7-13-38/h8-11,16-21,28H,3-7,12-15H2,1-2H3,(H,37,40). The van der Waals surface area contributed by atoms with Gasteiger partial charge in [0.2, 0.25) is 0 Å². The van der Waals surface area contributed by atoms with Crippen molar-refractivity contribution in [3.05, 3.63) is 59.2 Å². The summed E-state index contributed by atoms with van der Waals surface area (Å²) in [5.41, 5.74) is 3.81. The maximum Gasteiger partial charge on any atom is 0.408 e. The molecule has 1 N–H and O–H groups in total. The summed E-state index contributed by atoms with van der Waals surface area (Å²) in [7, 11) is 0. The van der Waals surface area contributed by atoms with Gasteiger partial charge in [-0.2, -0.15) is 18.3 Å². The van der Waals surface area contributed by atoms with Crippen LogP contribution in [0.5, 0.6) is 5.75 Å². The summed E-state index contributed by atoms with van der Waals surface area (Å²) in [6.45, 7) is 7.30. The van der Waals surface area contributed by atoms with Crippen LogP contribution in [-0.2, 0) is 0 Å². The van der Waals surface area contributed by atoms with Crippen LogP contribution in [0.15, 0.2) is 54.3 Å². The first kappa shape index (κ1) is 30.0. The van der Waals surface area contributed by atoms with Crippen molar-refractivity contribution in [3.63, 3.8) is 0 Å². The number of nitrogens with one attached hydrogen (secondary N) is 1. The number of thiophene rings is 1. The Labute approximate surface area is 247 Å². The lowest BCUT2D eigenvalue weighted by atomic mass is 9.93. The number of halogens is 3. The van der Waals surface area contributed by atoms with Gasteiger partial charge in [0.25, 0.3) is 5.91 Å². The van der Waals surface area contributed by atoms with Gasteiger partial charge in [0.05, 0.1) is 11.1 Å². The second kappa shape index (κ2) is 13.2. The molecule has 0 bridgehead atoms. The van der Waals surface area contributed by atoms with E-state index in [9.17, 15) is 18.0 Å². The molecule has 1 aromatic carbocycles. The van der Waals surface area contributed by atoms with Gasteiger partial charge in [-0.25, -0.2) is 9.50 Å². The number of piperidine rings is 1. The van der Waals surface area contributed by atoms with Crippen LogP contribution in [0.2, 0.25) is 0 Å². The topological polar surface area (TPSA) is 71.8 Å². The van der Waals surface area contributed by atoms with Crippen LogP contribution >= 0.6 is 11.3 Å². The zero-order chi connectivity index (χ0) is 29.7. The van der Waals surface area contributed by atoms with Gasteiger partial charge < -0.3 is 10.1 Å². The molecule has 0 spiro atoms. The average Bonchev–Trinajstić information content (AvgIpc) is 3.65.